The van der Waals surface area contributed by atoms with Crippen molar-refractivity contribution in [2.75, 3.05) is 13.2 Å². The van der Waals surface area contributed by atoms with Crippen molar-refractivity contribution in [3.63, 3.8) is 0 Å². The van der Waals surface area contributed by atoms with Crippen LogP contribution in [0.2, 0.25) is 0 Å². The molecule has 2 atom stereocenters. The first kappa shape index (κ1) is 67.3. The zero-order valence-corrected chi connectivity index (χ0v) is 46.6. The lowest BCUT2D eigenvalue weighted by Crippen LogP contribution is -2.45. The molecule has 0 spiro atoms. The second-order valence-corrected chi connectivity index (χ2v) is 21.4. The minimum atomic E-state index is -0.672. The van der Waals surface area contributed by atoms with Crippen LogP contribution in [0, 0.1) is 0 Å². The van der Waals surface area contributed by atoms with Crippen molar-refractivity contribution >= 4 is 11.9 Å². The van der Waals surface area contributed by atoms with Crippen LogP contribution in [0.3, 0.4) is 0 Å². The molecule has 0 saturated heterocycles. The van der Waals surface area contributed by atoms with Crippen LogP contribution in [0.1, 0.15) is 341 Å². The van der Waals surface area contributed by atoms with E-state index in [1.807, 2.05) is 0 Å². The highest BCUT2D eigenvalue weighted by Gasteiger charge is 2.20. The summed E-state index contributed by atoms with van der Waals surface area (Å²) in [7, 11) is 0. The van der Waals surface area contributed by atoms with Gasteiger partial charge in [-0.25, -0.2) is 0 Å². The number of unbranched alkanes of at least 4 members (excludes halogenated alkanes) is 43. The summed E-state index contributed by atoms with van der Waals surface area (Å²) in [6, 6.07) is -0.549. The van der Waals surface area contributed by atoms with Gasteiger partial charge in [-0.2, -0.15) is 0 Å². The van der Waals surface area contributed by atoms with E-state index in [0.29, 0.717) is 25.9 Å². The Morgan fingerprint density at radius 1 is 0.406 bits per heavy atom. The van der Waals surface area contributed by atoms with Gasteiger partial charge in [-0.1, -0.05) is 295 Å². The Balaban J connectivity index is 3.43. The maximum atomic E-state index is 12.5. The van der Waals surface area contributed by atoms with E-state index in [2.05, 4.69) is 43.5 Å². The highest BCUT2D eigenvalue weighted by Crippen LogP contribution is 2.18. The number of hydrogen-bond donors (Lipinski definition) is 3. The maximum absolute atomic E-state index is 12.5. The van der Waals surface area contributed by atoms with Crippen molar-refractivity contribution in [2.24, 2.45) is 0 Å². The van der Waals surface area contributed by atoms with E-state index in [-0.39, 0.29) is 18.5 Å². The molecule has 0 aromatic heterocycles. The summed E-state index contributed by atoms with van der Waals surface area (Å²) < 4.78 is 5.48. The lowest BCUT2D eigenvalue weighted by Gasteiger charge is -2.22. The van der Waals surface area contributed by atoms with Crippen LogP contribution < -0.4 is 5.32 Å². The van der Waals surface area contributed by atoms with Crippen molar-refractivity contribution in [3.05, 3.63) is 24.3 Å². The average Bonchev–Trinajstić information content (AvgIpc) is 3.35. The van der Waals surface area contributed by atoms with Crippen molar-refractivity contribution in [2.45, 2.75) is 353 Å². The molecule has 0 aromatic rings. The summed E-state index contributed by atoms with van der Waals surface area (Å²) in [5.41, 5.74) is 0. The SMILES string of the molecule is CCCCCC/C=C\C/C=C\CCCCCCCC(=O)OCCCCCCCCCCCCCCCCCC(=O)NC(CO)C(O)CCCCCCCCCCCCCCCCCCCCCCC. The zero-order valence-electron chi connectivity index (χ0n) is 46.6. The maximum Gasteiger partial charge on any atom is 0.305 e. The molecule has 408 valence electrons. The van der Waals surface area contributed by atoms with Gasteiger partial charge in [-0.15, -0.1) is 0 Å². The van der Waals surface area contributed by atoms with Gasteiger partial charge in [0, 0.05) is 12.8 Å². The zero-order chi connectivity index (χ0) is 50.0. The third-order valence-electron chi connectivity index (χ3n) is 14.5. The normalized spacial score (nSPS) is 12.7. The van der Waals surface area contributed by atoms with E-state index >= 15 is 0 Å². The molecule has 0 aliphatic rings. The van der Waals surface area contributed by atoms with E-state index in [9.17, 15) is 19.8 Å². The van der Waals surface area contributed by atoms with Crippen LogP contribution in [0.15, 0.2) is 24.3 Å². The Kier molecular flexibility index (Phi) is 57.5. The first-order valence-electron chi connectivity index (χ1n) is 31.1. The number of ether oxygens (including phenoxy) is 1. The smallest absolute Gasteiger partial charge is 0.305 e. The van der Waals surface area contributed by atoms with Crippen LogP contribution >= 0.6 is 0 Å². The predicted molar refractivity (Wildman–Crippen MR) is 301 cm³/mol. The monoisotopic (exact) mass is 972 g/mol. The van der Waals surface area contributed by atoms with Gasteiger partial charge < -0.3 is 20.3 Å². The molecule has 69 heavy (non-hydrogen) atoms. The molecule has 1 amide bonds. The van der Waals surface area contributed by atoms with E-state index in [4.69, 9.17) is 4.74 Å². The summed E-state index contributed by atoms with van der Waals surface area (Å²) in [6.45, 7) is 4.94. The minimum absolute atomic E-state index is 0.0119. The van der Waals surface area contributed by atoms with E-state index < -0.39 is 12.1 Å². The van der Waals surface area contributed by atoms with Gasteiger partial charge in [0.05, 0.1) is 25.4 Å². The number of esters is 1. The average molecular weight is 973 g/mol. The number of aliphatic hydroxyl groups excluding tert-OH is 2. The molecule has 0 rings (SSSR count). The highest BCUT2D eigenvalue weighted by atomic mass is 16.5. The van der Waals surface area contributed by atoms with Gasteiger partial charge in [-0.05, 0) is 57.8 Å². The Morgan fingerprint density at radius 3 is 1.12 bits per heavy atom. The largest absolute Gasteiger partial charge is 0.466 e. The van der Waals surface area contributed by atoms with Gasteiger partial charge in [-0.3, -0.25) is 9.59 Å². The molecule has 3 N–H and O–H groups in total. The number of carbonyl (C=O) groups excluding carboxylic acids is 2. The van der Waals surface area contributed by atoms with Crippen molar-refractivity contribution in [1.82, 2.24) is 5.32 Å². The lowest BCUT2D eigenvalue weighted by molar-refractivity contribution is -0.143. The summed E-state index contributed by atoms with van der Waals surface area (Å²) in [5, 5.41) is 23.4. The third-order valence-corrected chi connectivity index (χ3v) is 14.5. The lowest BCUT2D eigenvalue weighted by atomic mass is 10.0. The molecular weight excluding hydrogens is 851 g/mol. The Hall–Kier alpha value is -1.66. The van der Waals surface area contributed by atoms with Crippen LogP contribution in [0.4, 0.5) is 0 Å². The van der Waals surface area contributed by atoms with Crippen molar-refractivity contribution in [3.8, 4) is 0 Å². The fourth-order valence-corrected chi connectivity index (χ4v) is 9.73. The fraction of sp³-hybridized carbons (Fsp3) is 0.905. The molecule has 6 heteroatoms. The first-order valence-corrected chi connectivity index (χ1v) is 31.1. The van der Waals surface area contributed by atoms with Gasteiger partial charge >= 0.3 is 5.97 Å². The summed E-state index contributed by atoms with van der Waals surface area (Å²) >= 11 is 0. The van der Waals surface area contributed by atoms with Gasteiger partial charge in [0.25, 0.3) is 0 Å². The number of allylic oxidation sites excluding steroid dienone is 4. The Morgan fingerprint density at radius 2 is 0.725 bits per heavy atom. The quantitative estimate of drug-likeness (QED) is 0.0321. The summed E-state index contributed by atoms with van der Waals surface area (Å²) in [4.78, 5) is 24.6. The second-order valence-electron chi connectivity index (χ2n) is 21.4. The standard InChI is InChI=1S/C63H121NO5/c1-3-5-7-9-11-13-15-17-19-21-22-23-24-25-27-31-35-39-43-47-51-55-61(66)60(59-65)64-62(67)56-52-48-44-40-36-32-28-26-30-34-38-42-46-50-54-58-69-63(68)57-53-49-45-41-37-33-29-20-18-16-14-12-10-8-6-4-2/h14,16,20,29,60-61,65-66H,3-13,15,17-19,21-28,30-59H2,1-2H3,(H,64,67)/b16-14-,29-20-. The van der Waals surface area contributed by atoms with E-state index in [1.165, 1.54) is 250 Å². The summed E-state index contributed by atoms with van der Waals surface area (Å²) in [5.74, 6) is -0.0526. The summed E-state index contributed by atoms with van der Waals surface area (Å²) in [6.07, 6.45) is 71.7. The number of aliphatic hydroxyl groups is 2. The molecular formula is C63H121NO5. The molecule has 2 unspecified atom stereocenters. The molecule has 0 aromatic carbocycles. The van der Waals surface area contributed by atoms with E-state index in [0.717, 1.165) is 57.8 Å². The van der Waals surface area contributed by atoms with Crippen LogP contribution in [0.25, 0.3) is 0 Å². The first-order chi connectivity index (χ1) is 34.0. The third kappa shape index (κ3) is 55.5. The molecule has 0 heterocycles. The van der Waals surface area contributed by atoms with Gasteiger partial charge in [0.15, 0.2) is 0 Å². The molecule has 0 fully saturated rings. The Bertz CT molecular complexity index is 1080. The minimum Gasteiger partial charge on any atom is -0.466 e. The highest BCUT2D eigenvalue weighted by molar-refractivity contribution is 5.76. The predicted octanol–water partition coefficient (Wildman–Crippen LogP) is 19.4. The van der Waals surface area contributed by atoms with Gasteiger partial charge in [0.2, 0.25) is 5.91 Å². The molecule has 0 saturated carbocycles. The van der Waals surface area contributed by atoms with Crippen LogP contribution in [0.5, 0.6) is 0 Å². The molecule has 0 aliphatic heterocycles. The number of hydrogen-bond acceptors (Lipinski definition) is 5. The van der Waals surface area contributed by atoms with E-state index in [1.54, 1.807) is 0 Å². The number of carbonyl (C=O) groups is 2. The number of rotatable bonds is 58. The van der Waals surface area contributed by atoms with Crippen LogP contribution in [-0.2, 0) is 14.3 Å². The topological polar surface area (TPSA) is 95.9 Å². The molecule has 0 aliphatic carbocycles. The van der Waals surface area contributed by atoms with Crippen LogP contribution in [-0.4, -0.2) is 47.4 Å². The van der Waals surface area contributed by atoms with Crippen molar-refractivity contribution in [1.29, 1.82) is 0 Å². The molecule has 0 radical (unpaired) electrons. The number of amides is 1. The van der Waals surface area contributed by atoms with Gasteiger partial charge in [0.1, 0.15) is 0 Å². The Labute approximate surface area is 431 Å². The second kappa shape index (κ2) is 58.9. The molecule has 6 nitrogen and oxygen atoms in total. The fourth-order valence-electron chi connectivity index (χ4n) is 9.73. The number of nitrogens with one attached hydrogen (secondary N) is 1. The molecule has 0 bridgehead atoms. The van der Waals surface area contributed by atoms with Crippen molar-refractivity contribution < 1.29 is 24.5 Å².